The molecule has 3 aromatic rings. The van der Waals surface area contributed by atoms with Crippen LogP contribution in [-0.4, -0.2) is 35.3 Å². The maximum absolute atomic E-state index is 12.2. The Kier molecular flexibility index (Phi) is 6.04. The number of hydrogen-bond donors (Lipinski definition) is 1. The van der Waals surface area contributed by atoms with Gasteiger partial charge in [-0.1, -0.05) is 30.3 Å². The Hall–Kier alpha value is -3.35. The Morgan fingerprint density at radius 1 is 1.15 bits per heavy atom. The van der Waals surface area contributed by atoms with Crippen molar-refractivity contribution in [2.75, 3.05) is 13.6 Å². The molecule has 2 amide bonds. The van der Waals surface area contributed by atoms with Crippen LogP contribution in [0.25, 0.3) is 11.3 Å². The van der Waals surface area contributed by atoms with Gasteiger partial charge in [-0.2, -0.15) is 0 Å². The second-order valence-corrected chi connectivity index (χ2v) is 6.09. The minimum absolute atomic E-state index is 0.0135. The summed E-state index contributed by atoms with van der Waals surface area (Å²) in [6.07, 6.45) is 3.80. The van der Waals surface area contributed by atoms with Crippen LogP contribution >= 0.6 is 0 Å². The highest BCUT2D eigenvalue weighted by Crippen LogP contribution is 2.20. The summed E-state index contributed by atoms with van der Waals surface area (Å²) in [7, 11) is 1.60. The topological polar surface area (TPSA) is 88.6 Å². The van der Waals surface area contributed by atoms with Crippen LogP contribution in [0.4, 0.5) is 0 Å². The van der Waals surface area contributed by atoms with Crippen LogP contribution in [0.15, 0.2) is 63.8 Å². The van der Waals surface area contributed by atoms with Crippen molar-refractivity contribution in [2.45, 2.75) is 19.4 Å². The third-order valence-electron chi connectivity index (χ3n) is 4.01. The smallest absolute Gasteiger partial charge is 0.239 e. The molecule has 1 N–H and O–H groups in total. The largest absolute Gasteiger partial charge is 0.467 e. The number of furan rings is 1. The van der Waals surface area contributed by atoms with Gasteiger partial charge in [-0.15, -0.1) is 0 Å². The van der Waals surface area contributed by atoms with Gasteiger partial charge < -0.3 is 19.1 Å². The molecular formula is C20H21N3O4. The summed E-state index contributed by atoms with van der Waals surface area (Å²) in [5.74, 6) is 1.43. The Labute approximate surface area is 157 Å². The van der Waals surface area contributed by atoms with E-state index in [-0.39, 0.29) is 24.8 Å². The van der Waals surface area contributed by atoms with Crippen molar-refractivity contribution in [2.24, 2.45) is 0 Å². The van der Waals surface area contributed by atoms with E-state index < -0.39 is 0 Å². The highest BCUT2D eigenvalue weighted by Gasteiger charge is 2.15. The first-order valence-electron chi connectivity index (χ1n) is 8.65. The van der Waals surface area contributed by atoms with E-state index in [0.717, 1.165) is 5.56 Å². The lowest BCUT2D eigenvalue weighted by Gasteiger charge is -2.16. The molecule has 140 valence electrons. The van der Waals surface area contributed by atoms with Crippen molar-refractivity contribution in [3.05, 3.63) is 66.6 Å². The summed E-state index contributed by atoms with van der Waals surface area (Å²) in [6.45, 7) is 0.285. The number of amides is 2. The predicted octanol–water partition coefficient (Wildman–Crippen LogP) is 2.64. The first-order chi connectivity index (χ1) is 13.1. The quantitative estimate of drug-likeness (QED) is 0.661. The lowest BCUT2D eigenvalue weighted by Crippen LogP contribution is -2.38. The molecule has 0 atom stereocenters. The van der Waals surface area contributed by atoms with E-state index in [1.807, 2.05) is 30.3 Å². The molecule has 0 spiro atoms. The number of rotatable bonds is 8. The van der Waals surface area contributed by atoms with Crippen LogP contribution in [0.5, 0.6) is 0 Å². The fraction of sp³-hybridized carbons (Fsp3) is 0.250. The van der Waals surface area contributed by atoms with Crippen molar-refractivity contribution >= 4 is 11.8 Å². The van der Waals surface area contributed by atoms with Crippen molar-refractivity contribution in [1.29, 1.82) is 0 Å². The molecule has 0 saturated heterocycles. The fourth-order valence-electron chi connectivity index (χ4n) is 2.52. The molecule has 0 fully saturated rings. The number of nitrogens with zero attached hydrogens (tertiary/aromatic N) is 2. The van der Waals surface area contributed by atoms with Gasteiger partial charge >= 0.3 is 0 Å². The lowest BCUT2D eigenvalue weighted by atomic mass is 10.2. The highest BCUT2D eigenvalue weighted by molar-refractivity contribution is 5.84. The third kappa shape index (κ3) is 5.31. The van der Waals surface area contributed by atoms with Crippen LogP contribution in [0.3, 0.4) is 0 Å². The van der Waals surface area contributed by atoms with Crippen LogP contribution in [0.2, 0.25) is 0 Å². The molecule has 0 unspecified atom stereocenters. The average molecular weight is 367 g/mol. The van der Waals surface area contributed by atoms with Gasteiger partial charge in [-0.3, -0.25) is 9.59 Å². The summed E-state index contributed by atoms with van der Waals surface area (Å²) >= 11 is 0. The zero-order chi connectivity index (χ0) is 19.1. The average Bonchev–Trinajstić information content (AvgIpc) is 3.37. The maximum Gasteiger partial charge on any atom is 0.239 e. The summed E-state index contributed by atoms with van der Waals surface area (Å²) in [5, 5.41) is 2.71. The molecule has 3 rings (SSSR count). The molecular weight excluding hydrogens is 346 g/mol. The number of likely N-dealkylation sites (N-methyl/N-ethyl adjacent to an activating group) is 1. The predicted molar refractivity (Wildman–Crippen MR) is 98.5 cm³/mol. The zero-order valence-electron chi connectivity index (χ0n) is 15.1. The highest BCUT2D eigenvalue weighted by atomic mass is 16.4. The van der Waals surface area contributed by atoms with E-state index in [0.29, 0.717) is 30.4 Å². The van der Waals surface area contributed by atoms with Gasteiger partial charge in [-0.25, -0.2) is 4.98 Å². The molecule has 1 aromatic carbocycles. The molecule has 7 nitrogen and oxygen atoms in total. The van der Waals surface area contributed by atoms with Crippen LogP contribution in [0.1, 0.15) is 18.1 Å². The number of carbonyl (C=O) groups excluding carboxylic acids is 2. The van der Waals surface area contributed by atoms with Gasteiger partial charge in [-0.05, 0) is 12.1 Å². The van der Waals surface area contributed by atoms with Crippen molar-refractivity contribution in [1.82, 2.24) is 15.2 Å². The zero-order valence-corrected chi connectivity index (χ0v) is 15.1. The SMILES string of the molecule is CN(CC(=O)NCc1ccco1)C(=O)CCc1ncc(-c2ccccc2)o1. The van der Waals surface area contributed by atoms with Gasteiger partial charge in [0.2, 0.25) is 11.8 Å². The molecule has 0 radical (unpaired) electrons. The summed E-state index contributed by atoms with van der Waals surface area (Å²) in [5.41, 5.74) is 0.938. The van der Waals surface area contributed by atoms with E-state index in [2.05, 4.69) is 10.3 Å². The van der Waals surface area contributed by atoms with Crippen LogP contribution < -0.4 is 5.32 Å². The van der Waals surface area contributed by atoms with Crippen LogP contribution in [0, 0.1) is 0 Å². The Balaban J connectivity index is 1.43. The second kappa shape index (κ2) is 8.84. The van der Waals surface area contributed by atoms with Gasteiger partial charge in [0, 0.05) is 25.5 Å². The Morgan fingerprint density at radius 3 is 2.70 bits per heavy atom. The third-order valence-corrected chi connectivity index (χ3v) is 4.01. The molecule has 0 aliphatic heterocycles. The lowest BCUT2D eigenvalue weighted by molar-refractivity contribution is -0.134. The molecule has 7 heteroatoms. The van der Waals surface area contributed by atoms with Gasteiger partial charge in [0.25, 0.3) is 0 Å². The number of aromatic nitrogens is 1. The van der Waals surface area contributed by atoms with E-state index in [4.69, 9.17) is 8.83 Å². The van der Waals surface area contributed by atoms with Gasteiger partial charge in [0.15, 0.2) is 11.7 Å². The number of nitrogens with one attached hydrogen (secondary N) is 1. The minimum Gasteiger partial charge on any atom is -0.467 e. The molecule has 0 aliphatic carbocycles. The first kappa shape index (κ1) is 18.4. The fourth-order valence-corrected chi connectivity index (χ4v) is 2.52. The second-order valence-electron chi connectivity index (χ2n) is 6.09. The number of hydrogen-bond acceptors (Lipinski definition) is 5. The maximum atomic E-state index is 12.2. The number of benzene rings is 1. The van der Waals surface area contributed by atoms with Crippen molar-refractivity contribution < 1.29 is 18.4 Å². The Bertz CT molecular complexity index is 872. The van der Waals surface area contributed by atoms with Gasteiger partial charge in [0.05, 0.1) is 25.5 Å². The number of oxazole rings is 1. The molecule has 2 aromatic heterocycles. The minimum atomic E-state index is -0.246. The van der Waals surface area contributed by atoms with E-state index >= 15 is 0 Å². The Morgan fingerprint density at radius 2 is 1.96 bits per heavy atom. The summed E-state index contributed by atoms with van der Waals surface area (Å²) in [4.78, 5) is 29.7. The summed E-state index contributed by atoms with van der Waals surface area (Å²) in [6, 6.07) is 13.2. The normalized spacial score (nSPS) is 10.6. The van der Waals surface area contributed by atoms with Gasteiger partial charge in [0.1, 0.15) is 5.76 Å². The van der Waals surface area contributed by atoms with E-state index in [9.17, 15) is 9.59 Å². The molecule has 0 saturated carbocycles. The molecule has 2 heterocycles. The van der Waals surface area contributed by atoms with Crippen molar-refractivity contribution in [3.8, 4) is 11.3 Å². The van der Waals surface area contributed by atoms with E-state index in [1.165, 1.54) is 4.90 Å². The summed E-state index contributed by atoms with van der Waals surface area (Å²) < 4.78 is 10.8. The molecule has 0 bridgehead atoms. The molecule has 27 heavy (non-hydrogen) atoms. The van der Waals surface area contributed by atoms with Crippen LogP contribution in [-0.2, 0) is 22.6 Å². The first-order valence-corrected chi connectivity index (χ1v) is 8.65. The van der Waals surface area contributed by atoms with Crippen molar-refractivity contribution in [3.63, 3.8) is 0 Å². The number of aryl methyl sites for hydroxylation is 1. The standard InChI is InChI=1S/C20H21N3O4/c1-23(14-18(24)21-12-16-8-5-11-26-16)20(25)10-9-19-22-13-17(27-19)15-6-3-2-4-7-15/h2-8,11,13H,9-10,12,14H2,1H3,(H,21,24). The molecule has 0 aliphatic rings. The monoisotopic (exact) mass is 367 g/mol. The van der Waals surface area contributed by atoms with E-state index in [1.54, 1.807) is 31.6 Å². The number of carbonyl (C=O) groups is 2.